The van der Waals surface area contributed by atoms with E-state index in [1.54, 1.807) is 7.11 Å². The van der Waals surface area contributed by atoms with Crippen molar-refractivity contribution in [1.29, 1.82) is 0 Å². The zero-order valence-electron chi connectivity index (χ0n) is 13.4. The van der Waals surface area contributed by atoms with Crippen LogP contribution in [0.5, 0.6) is 5.75 Å². The van der Waals surface area contributed by atoms with Crippen LogP contribution in [0, 0.1) is 20.8 Å². The molecule has 112 valence electrons. The van der Waals surface area contributed by atoms with Crippen molar-refractivity contribution in [2.24, 2.45) is 0 Å². The van der Waals surface area contributed by atoms with Crippen LogP contribution in [0.1, 0.15) is 16.7 Å². The molecule has 0 aliphatic heterocycles. The maximum Gasteiger partial charge on any atom is 0.131 e. The highest BCUT2D eigenvalue weighted by Gasteiger charge is 2.07. The number of hydrogen-bond acceptors (Lipinski definition) is 3. The first kappa shape index (κ1) is 14.4. The number of nitrogens with one attached hydrogen (secondary N) is 1. The standard InChI is InChI=1S/C19H20N2O/c1-12-8-14(3)19-17(9-12)13(2)10-18(21-19)20-15-6-5-7-16(11-15)22-4/h5-11H,1-4H3,(H,20,21). The molecule has 0 fully saturated rings. The first-order chi connectivity index (χ1) is 10.6. The molecule has 0 amide bonds. The molecular weight excluding hydrogens is 272 g/mol. The lowest BCUT2D eigenvalue weighted by atomic mass is 10.0. The molecule has 0 saturated heterocycles. The summed E-state index contributed by atoms with van der Waals surface area (Å²) in [6.07, 6.45) is 0. The Morgan fingerprint density at radius 2 is 1.77 bits per heavy atom. The van der Waals surface area contributed by atoms with E-state index in [9.17, 15) is 0 Å². The maximum absolute atomic E-state index is 5.26. The van der Waals surface area contributed by atoms with Gasteiger partial charge >= 0.3 is 0 Å². The van der Waals surface area contributed by atoms with Gasteiger partial charge in [-0.3, -0.25) is 0 Å². The Bertz CT molecular complexity index is 840. The smallest absolute Gasteiger partial charge is 0.131 e. The van der Waals surface area contributed by atoms with Crippen LogP contribution in [0.15, 0.2) is 42.5 Å². The first-order valence-electron chi connectivity index (χ1n) is 7.36. The van der Waals surface area contributed by atoms with Crippen LogP contribution in [0.3, 0.4) is 0 Å². The number of hydrogen-bond donors (Lipinski definition) is 1. The van der Waals surface area contributed by atoms with Gasteiger partial charge in [0, 0.05) is 17.1 Å². The lowest BCUT2D eigenvalue weighted by molar-refractivity contribution is 0.415. The normalized spacial score (nSPS) is 10.7. The van der Waals surface area contributed by atoms with Crippen molar-refractivity contribution in [2.45, 2.75) is 20.8 Å². The van der Waals surface area contributed by atoms with E-state index in [0.29, 0.717) is 0 Å². The van der Waals surface area contributed by atoms with Crippen LogP contribution in [0.4, 0.5) is 11.5 Å². The summed E-state index contributed by atoms with van der Waals surface area (Å²) in [5.41, 5.74) is 5.71. The van der Waals surface area contributed by atoms with E-state index >= 15 is 0 Å². The highest BCUT2D eigenvalue weighted by Crippen LogP contribution is 2.27. The van der Waals surface area contributed by atoms with Crippen LogP contribution in [0.25, 0.3) is 10.9 Å². The van der Waals surface area contributed by atoms with Crippen LogP contribution in [0.2, 0.25) is 0 Å². The lowest BCUT2D eigenvalue weighted by Crippen LogP contribution is -1.97. The number of aromatic nitrogens is 1. The average molecular weight is 292 g/mol. The van der Waals surface area contributed by atoms with Gasteiger partial charge in [0.25, 0.3) is 0 Å². The van der Waals surface area contributed by atoms with Crippen molar-refractivity contribution in [1.82, 2.24) is 4.98 Å². The highest BCUT2D eigenvalue weighted by atomic mass is 16.5. The quantitative estimate of drug-likeness (QED) is 0.744. The fraction of sp³-hybridized carbons (Fsp3) is 0.211. The number of methoxy groups -OCH3 is 1. The van der Waals surface area contributed by atoms with E-state index in [1.807, 2.05) is 24.3 Å². The second-order valence-electron chi connectivity index (χ2n) is 5.66. The average Bonchev–Trinajstić information content (AvgIpc) is 2.49. The summed E-state index contributed by atoms with van der Waals surface area (Å²) in [6.45, 7) is 6.35. The molecule has 1 N–H and O–H groups in total. The third kappa shape index (κ3) is 2.75. The van der Waals surface area contributed by atoms with Gasteiger partial charge in [0.05, 0.1) is 12.6 Å². The summed E-state index contributed by atoms with van der Waals surface area (Å²) < 4.78 is 5.26. The Balaban J connectivity index is 2.04. The largest absolute Gasteiger partial charge is 0.497 e. The monoisotopic (exact) mass is 292 g/mol. The summed E-state index contributed by atoms with van der Waals surface area (Å²) >= 11 is 0. The molecule has 0 unspecified atom stereocenters. The molecule has 1 heterocycles. The Kier molecular flexibility index (Phi) is 3.72. The van der Waals surface area contributed by atoms with Gasteiger partial charge in [0.15, 0.2) is 0 Å². The second kappa shape index (κ2) is 5.68. The van der Waals surface area contributed by atoms with Gasteiger partial charge in [-0.15, -0.1) is 0 Å². The van der Waals surface area contributed by atoms with Gasteiger partial charge in [-0.25, -0.2) is 4.98 Å². The number of nitrogens with zero attached hydrogens (tertiary/aromatic N) is 1. The Morgan fingerprint density at radius 1 is 0.955 bits per heavy atom. The summed E-state index contributed by atoms with van der Waals surface area (Å²) in [7, 11) is 1.67. The molecule has 0 spiro atoms. The van der Waals surface area contributed by atoms with E-state index < -0.39 is 0 Å². The number of ether oxygens (including phenoxy) is 1. The third-order valence-corrected chi connectivity index (χ3v) is 3.80. The van der Waals surface area contributed by atoms with Gasteiger partial charge < -0.3 is 10.1 Å². The minimum absolute atomic E-state index is 0.828. The molecule has 0 aliphatic carbocycles. The Morgan fingerprint density at radius 3 is 2.55 bits per heavy atom. The van der Waals surface area contributed by atoms with E-state index in [2.05, 4.69) is 44.3 Å². The van der Waals surface area contributed by atoms with E-state index in [4.69, 9.17) is 9.72 Å². The molecule has 22 heavy (non-hydrogen) atoms. The molecule has 3 nitrogen and oxygen atoms in total. The molecule has 0 atom stereocenters. The van der Waals surface area contributed by atoms with Crippen molar-refractivity contribution >= 4 is 22.4 Å². The highest BCUT2D eigenvalue weighted by molar-refractivity contribution is 5.87. The van der Waals surface area contributed by atoms with Crippen LogP contribution >= 0.6 is 0 Å². The van der Waals surface area contributed by atoms with Crippen molar-refractivity contribution in [3.8, 4) is 5.75 Å². The molecule has 2 aromatic carbocycles. The summed E-state index contributed by atoms with van der Waals surface area (Å²) in [4.78, 5) is 4.78. The van der Waals surface area contributed by atoms with Crippen molar-refractivity contribution in [3.63, 3.8) is 0 Å². The Hall–Kier alpha value is -2.55. The molecule has 0 saturated carbocycles. The van der Waals surface area contributed by atoms with Gasteiger partial charge in [0.2, 0.25) is 0 Å². The molecule has 0 bridgehead atoms. The number of anilines is 2. The topological polar surface area (TPSA) is 34.1 Å². The summed E-state index contributed by atoms with van der Waals surface area (Å²) in [5.74, 6) is 1.68. The van der Waals surface area contributed by atoms with E-state index in [1.165, 1.54) is 22.1 Å². The fourth-order valence-corrected chi connectivity index (χ4v) is 2.76. The van der Waals surface area contributed by atoms with Gasteiger partial charge in [-0.2, -0.15) is 0 Å². The minimum atomic E-state index is 0.828. The van der Waals surface area contributed by atoms with Gasteiger partial charge in [-0.05, 0) is 56.2 Å². The molecule has 3 heteroatoms. The van der Waals surface area contributed by atoms with Crippen LogP contribution < -0.4 is 10.1 Å². The van der Waals surface area contributed by atoms with E-state index in [-0.39, 0.29) is 0 Å². The summed E-state index contributed by atoms with van der Waals surface area (Å²) in [6, 6.07) is 14.3. The predicted molar refractivity (Wildman–Crippen MR) is 92.2 cm³/mol. The number of rotatable bonds is 3. The predicted octanol–water partition coefficient (Wildman–Crippen LogP) is 4.91. The van der Waals surface area contributed by atoms with Crippen molar-refractivity contribution < 1.29 is 4.74 Å². The second-order valence-corrected chi connectivity index (χ2v) is 5.66. The third-order valence-electron chi connectivity index (χ3n) is 3.80. The number of aryl methyl sites for hydroxylation is 3. The van der Waals surface area contributed by atoms with Crippen LogP contribution in [-0.2, 0) is 0 Å². The van der Waals surface area contributed by atoms with E-state index in [0.717, 1.165) is 22.8 Å². The van der Waals surface area contributed by atoms with Crippen molar-refractivity contribution in [2.75, 3.05) is 12.4 Å². The molecule has 0 radical (unpaired) electrons. The first-order valence-corrected chi connectivity index (χ1v) is 7.36. The zero-order valence-corrected chi connectivity index (χ0v) is 13.4. The zero-order chi connectivity index (χ0) is 15.7. The number of fused-ring (bicyclic) bond motifs is 1. The number of benzene rings is 2. The van der Waals surface area contributed by atoms with Crippen LogP contribution in [-0.4, -0.2) is 12.1 Å². The van der Waals surface area contributed by atoms with Gasteiger partial charge in [0.1, 0.15) is 11.6 Å². The maximum atomic E-state index is 5.26. The molecule has 1 aromatic heterocycles. The molecular formula is C19H20N2O. The molecule has 3 rings (SSSR count). The SMILES string of the molecule is COc1cccc(Nc2cc(C)c3cc(C)cc(C)c3n2)c1. The molecule has 0 aliphatic rings. The van der Waals surface area contributed by atoms with Crippen molar-refractivity contribution in [3.05, 3.63) is 59.2 Å². The number of pyridine rings is 1. The minimum Gasteiger partial charge on any atom is -0.497 e. The van der Waals surface area contributed by atoms with Gasteiger partial charge in [-0.1, -0.05) is 17.7 Å². The Labute approximate surface area is 131 Å². The lowest BCUT2D eigenvalue weighted by Gasteiger charge is -2.12. The molecule has 3 aromatic rings. The summed E-state index contributed by atoms with van der Waals surface area (Å²) in [5, 5.41) is 4.58. The fourth-order valence-electron chi connectivity index (χ4n) is 2.76.